The second kappa shape index (κ2) is 10.7. The minimum atomic E-state index is 0. The number of fused-ring (bicyclic) bond motifs is 2. The van der Waals surface area contributed by atoms with Crippen molar-refractivity contribution in [2.24, 2.45) is 5.73 Å². The first-order valence-corrected chi connectivity index (χ1v) is 10.5. The first kappa shape index (κ1) is 21.8. The highest BCUT2D eigenvalue weighted by molar-refractivity contribution is 6.07. The van der Waals surface area contributed by atoms with Crippen LogP contribution in [0.15, 0.2) is 48.5 Å². The molecule has 0 spiro atoms. The second-order valence-corrected chi connectivity index (χ2v) is 7.63. The summed E-state index contributed by atoms with van der Waals surface area (Å²) < 4.78 is 0. The predicted molar refractivity (Wildman–Crippen MR) is 126 cm³/mol. The molecule has 5 nitrogen and oxygen atoms in total. The summed E-state index contributed by atoms with van der Waals surface area (Å²) in [6, 6.07) is 16.8. The summed E-state index contributed by atoms with van der Waals surface area (Å²) in [6.07, 6.45) is 2.26. The van der Waals surface area contributed by atoms with Gasteiger partial charge in [-0.1, -0.05) is 36.4 Å². The molecule has 0 amide bonds. The van der Waals surface area contributed by atoms with Crippen molar-refractivity contribution < 1.29 is 0 Å². The average molecular weight is 414 g/mol. The maximum atomic E-state index is 5.62. The Balaban J connectivity index is 0.00000240. The summed E-state index contributed by atoms with van der Waals surface area (Å²) in [5, 5.41) is 6.12. The number of nitrogens with zero attached hydrogens (tertiary/aromatic N) is 3. The number of pyridine rings is 1. The fraction of sp³-hybridized carbons (Fsp3) is 0.435. The largest absolute Gasteiger partial charge is 0.384 e. The molecule has 2 aromatic carbocycles. The number of halogens is 1. The first-order chi connectivity index (χ1) is 13.8. The minimum Gasteiger partial charge on any atom is -0.384 e. The van der Waals surface area contributed by atoms with Gasteiger partial charge < -0.3 is 20.9 Å². The van der Waals surface area contributed by atoms with Gasteiger partial charge in [-0.25, -0.2) is 4.98 Å². The van der Waals surface area contributed by atoms with Gasteiger partial charge in [0.15, 0.2) is 0 Å². The molecule has 1 aliphatic heterocycles. The number of hydrogen-bond acceptors (Lipinski definition) is 5. The van der Waals surface area contributed by atoms with Crippen LogP contribution in [-0.2, 0) is 0 Å². The molecule has 4 rings (SSSR count). The molecule has 0 bridgehead atoms. The van der Waals surface area contributed by atoms with Gasteiger partial charge in [-0.3, -0.25) is 0 Å². The summed E-state index contributed by atoms with van der Waals surface area (Å²) in [4.78, 5) is 9.93. The molecule has 0 atom stereocenters. The van der Waals surface area contributed by atoms with Gasteiger partial charge in [-0.2, -0.15) is 0 Å². The normalized spacial score (nSPS) is 15.5. The molecule has 1 fully saturated rings. The lowest BCUT2D eigenvalue weighted by molar-refractivity contribution is 0.132. The second-order valence-electron chi connectivity index (χ2n) is 7.63. The van der Waals surface area contributed by atoms with Crippen molar-refractivity contribution >= 4 is 39.9 Å². The van der Waals surface area contributed by atoms with Crippen LogP contribution in [0, 0.1) is 0 Å². The van der Waals surface area contributed by atoms with E-state index in [1.807, 2.05) is 0 Å². The van der Waals surface area contributed by atoms with E-state index in [9.17, 15) is 0 Å². The Bertz CT molecular complexity index is 854. The van der Waals surface area contributed by atoms with E-state index in [1.54, 1.807) is 0 Å². The molecule has 0 unspecified atom stereocenters. The molecule has 0 saturated carbocycles. The molecule has 0 aliphatic carbocycles. The third-order valence-corrected chi connectivity index (χ3v) is 5.68. The van der Waals surface area contributed by atoms with Crippen LogP contribution in [-0.4, -0.2) is 67.1 Å². The Labute approximate surface area is 179 Å². The fourth-order valence-corrected chi connectivity index (χ4v) is 4.10. The van der Waals surface area contributed by atoms with E-state index >= 15 is 0 Å². The molecule has 29 heavy (non-hydrogen) atoms. The van der Waals surface area contributed by atoms with Crippen LogP contribution in [0.25, 0.3) is 21.8 Å². The Morgan fingerprint density at radius 3 is 1.86 bits per heavy atom. The molecular weight excluding hydrogens is 382 g/mol. The van der Waals surface area contributed by atoms with Crippen LogP contribution in [0.2, 0.25) is 0 Å². The number of anilines is 1. The van der Waals surface area contributed by atoms with Gasteiger partial charge in [-0.15, -0.1) is 12.4 Å². The van der Waals surface area contributed by atoms with E-state index in [0.717, 1.165) is 50.1 Å². The Kier molecular flexibility index (Phi) is 8.07. The highest BCUT2D eigenvalue weighted by Gasteiger charge is 2.15. The number of nitrogens with one attached hydrogen (secondary N) is 1. The van der Waals surface area contributed by atoms with Crippen molar-refractivity contribution in [2.45, 2.75) is 12.8 Å². The number of para-hydroxylation sites is 2. The standard InChI is InChI=1S/C23H31N5.ClH/c24-11-5-13-27-15-17-28(18-16-27)14-6-12-25-23-19-7-1-3-9-21(19)26-22-10-4-2-8-20(22)23;/h1-4,7-10H,5-6,11-18,24H2,(H,25,26);1H. The summed E-state index contributed by atoms with van der Waals surface area (Å²) in [5.74, 6) is 0. The SMILES string of the molecule is Cl.NCCCN1CCN(CCCNc2c3ccccc3nc3ccccc23)CC1. The molecular formula is C23H32ClN5. The lowest BCUT2D eigenvalue weighted by atomic mass is 10.1. The molecule has 1 saturated heterocycles. The molecule has 3 aromatic rings. The lowest BCUT2D eigenvalue weighted by Crippen LogP contribution is -2.47. The molecule has 2 heterocycles. The van der Waals surface area contributed by atoms with Crippen molar-refractivity contribution in [3.8, 4) is 0 Å². The lowest BCUT2D eigenvalue weighted by Gasteiger charge is -2.34. The number of piperazine rings is 1. The van der Waals surface area contributed by atoms with E-state index in [2.05, 4.69) is 63.6 Å². The van der Waals surface area contributed by atoms with Crippen LogP contribution < -0.4 is 11.1 Å². The highest BCUT2D eigenvalue weighted by Crippen LogP contribution is 2.30. The van der Waals surface area contributed by atoms with Gasteiger partial charge in [-0.05, 0) is 44.6 Å². The van der Waals surface area contributed by atoms with Gasteiger partial charge in [0.25, 0.3) is 0 Å². The Morgan fingerprint density at radius 2 is 1.31 bits per heavy atom. The minimum absolute atomic E-state index is 0. The summed E-state index contributed by atoms with van der Waals surface area (Å²) >= 11 is 0. The van der Waals surface area contributed by atoms with E-state index in [4.69, 9.17) is 10.7 Å². The number of hydrogen-bond donors (Lipinski definition) is 2. The van der Waals surface area contributed by atoms with Gasteiger partial charge in [0.2, 0.25) is 0 Å². The zero-order chi connectivity index (χ0) is 19.2. The number of rotatable bonds is 8. The van der Waals surface area contributed by atoms with Crippen LogP contribution in [0.3, 0.4) is 0 Å². The van der Waals surface area contributed by atoms with Crippen LogP contribution >= 0.6 is 12.4 Å². The maximum absolute atomic E-state index is 5.62. The van der Waals surface area contributed by atoms with Gasteiger partial charge in [0.05, 0.1) is 16.7 Å². The van der Waals surface area contributed by atoms with Crippen LogP contribution in [0.5, 0.6) is 0 Å². The van der Waals surface area contributed by atoms with Crippen molar-refractivity contribution in [3.05, 3.63) is 48.5 Å². The topological polar surface area (TPSA) is 57.4 Å². The monoisotopic (exact) mass is 413 g/mol. The molecule has 156 valence electrons. The number of nitrogens with two attached hydrogens (primary N) is 1. The zero-order valence-corrected chi connectivity index (χ0v) is 17.8. The summed E-state index contributed by atoms with van der Waals surface area (Å²) in [5.41, 5.74) is 8.94. The third kappa shape index (κ3) is 5.37. The smallest absolute Gasteiger partial charge is 0.0730 e. The highest BCUT2D eigenvalue weighted by atomic mass is 35.5. The predicted octanol–water partition coefficient (Wildman–Crippen LogP) is 3.58. The van der Waals surface area contributed by atoms with E-state index in [-0.39, 0.29) is 12.4 Å². The first-order valence-electron chi connectivity index (χ1n) is 10.5. The van der Waals surface area contributed by atoms with Crippen LogP contribution in [0.4, 0.5) is 5.69 Å². The van der Waals surface area contributed by atoms with Crippen molar-refractivity contribution in [2.75, 3.05) is 57.7 Å². The van der Waals surface area contributed by atoms with Crippen molar-refractivity contribution in [1.82, 2.24) is 14.8 Å². The van der Waals surface area contributed by atoms with Crippen LogP contribution in [0.1, 0.15) is 12.8 Å². The zero-order valence-electron chi connectivity index (χ0n) is 17.0. The van der Waals surface area contributed by atoms with Crippen molar-refractivity contribution in [3.63, 3.8) is 0 Å². The average Bonchev–Trinajstić information content (AvgIpc) is 2.75. The molecule has 1 aliphatic rings. The number of aromatic nitrogens is 1. The Morgan fingerprint density at radius 1 is 0.793 bits per heavy atom. The fourth-order valence-electron chi connectivity index (χ4n) is 4.10. The van der Waals surface area contributed by atoms with E-state index in [1.165, 1.54) is 42.6 Å². The van der Waals surface area contributed by atoms with Gasteiger partial charge >= 0.3 is 0 Å². The van der Waals surface area contributed by atoms with Gasteiger partial charge in [0, 0.05) is 43.5 Å². The molecule has 1 aromatic heterocycles. The van der Waals surface area contributed by atoms with E-state index < -0.39 is 0 Å². The molecule has 3 N–H and O–H groups in total. The maximum Gasteiger partial charge on any atom is 0.0730 e. The summed E-state index contributed by atoms with van der Waals surface area (Å²) in [6.45, 7) is 8.76. The quantitative estimate of drug-likeness (QED) is 0.436. The molecule has 6 heteroatoms. The summed E-state index contributed by atoms with van der Waals surface area (Å²) in [7, 11) is 0. The third-order valence-electron chi connectivity index (χ3n) is 5.68. The van der Waals surface area contributed by atoms with Crippen molar-refractivity contribution in [1.29, 1.82) is 0 Å². The Hall–Kier alpha value is -1.92. The van der Waals surface area contributed by atoms with E-state index in [0.29, 0.717) is 0 Å². The number of benzene rings is 2. The molecule has 0 radical (unpaired) electrons. The van der Waals surface area contributed by atoms with Gasteiger partial charge in [0.1, 0.15) is 0 Å².